The van der Waals surface area contributed by atoms with Gasteiger partial charge >= 0.3 is 0 Å². The third-order valence-electron chi connectivity index (χ3n) is 2.45. The summed E-state index contributed by atoms with van der Waals surface area (Å²) in [6, 6.07) is 17.7. The molecule has 1 N–H and O–H groups in total. The first-order valence-electron chi connectivity index (χ1n) is 6.00. The van der Waals surface area contributed by atoms with Crippen LogP contribution in [0.5, 0.6) is 0 Å². The van der Waals surface area contributed by atoms with Crippen LogP contribution in [0.15, 0.2) is 71.0 Å². The largest absolute Gasteiger partial charge is 0.322 e. The van der Waals surface area contributed by atoms with Crippen molar-refractivity contribution in [2.45, 2.75) is 11.8 Å². The fourth-order valence-corrected chi connectivity index (χ4v) is 2.24. The van der Waals surface area contributed by atoms with Crippen molar-refractivity contribution in [2.24, 2.45) is 0 Å². The van der Waals surface area contributed by atoms with E-state index in [1.807, 2.05) is 61.5 Å². The van der Waals surface area contributed by atoms with Gasteiger partial charge in [-0.05, 0) is 42.2 Å². The number of hydrogen-bond acceptors (Lipinski definition) is 2. The van der Waals surface area contributed by atoms with Crippen LogP contribution in [0.3, 0.4) is 0 Å². The normalized spacial score (nSPS) is 10.6. The summed E-state index contributed by atoms with van der Waals surface area (Å²) in [5.74, 6) is -0.117. The molecule has 0 unspecified atom stereocenters. The quantitative estimate of drug-likeness (QED) is 0.664. The molecule has 2 nitrogen and oxygen atoms in total. The topological polar surface area (TPSA) is 29.1 Å². The van der Waals surface area contributed by atoms with Crippen molar-refractivity contribution < 1.29 is 4.79 Å². The molecule has 0 aliphatic heterocycles. The molecule has 0 saturated heterocycles. The van der Waals surface area contributed by atoms with Crippen LogP contribution in [0.1, 0.15) is 5.56 Å². The van der Waals surface area contributed by atoms with Crippen LogP contribution in [0.25, 0.3) is 0 Å². The minimum atomic E-state index is -0.117. The number of nitrogens with one attached hydrogen (secondary N) is 1. The molecule has 2 rings (SSSR count). The summed E-state index contributed by atoms with van der Waals surface area (Å²) in [6.45, 7) is 2.00. The summed E-state index contributed by atoms with van der Waals surface area (Å²) >= 11 is 1.52. The average molecular weight is 269 g/mol. The van der Waals surface area contributed by atoms with Crippen LogP contribution in [0, 0.1) is 6.92 Å². The molecule has 0 fully saturated rings. The summed E-state index contributed by atoms with van der Waals surface area (Å²) in [5, 5.41) is 4.62. The lowest BCUT2D eigenvalue weighted by atomic mass is 10.2. The zero-order valence-corrected chi connectivity index (χ0v) is 11.5. The monoisotopic (exact) mass is 269 g/mol. The first-order valence-corrected chi connectivity index (χ1v) is 6.88. The highest BCUT2D eigenvalue weighted by Gasteiger charge is 1.97. The zero-order valence-electron chi connectivity index (χ0n) is 10.7. The lowest BCUT2D eigenvalue weighted by molar-refractivity contribution is -0.111. The van der Waals surface area contributed by atoms with Crippen LogP contribution in [0.2, 0.25) is 0 Å². The zero-order chi connectivity index (χ0) is 13.5. The van der Waals surface area contributed by atoms with Gasteiger partial charge in [-0.3, -0.25) is 4.79 Å². The molecular weight excluding hydrogens is 254 g/mol. The lowest BCUT2D eigenvalue weighted by Gasteiger charge is -2.02. The highest BCUT2D eigenvalue weighted by molar-refractivity contribution is 8.02. The third kappa shape index (κ3) is 4.64. The minimum absolute atomic E-state index is 0.117. The van der Waals surface area contributed by atoms with Crippen LogP contribution in [-0.2, 0) is 4.79 Å². The molecule has 0 spiro atoms. The van der Waals surface area contributed by atoms with E-state index < -0.39 is 0 Å². The number of carbonyl (C=O) groups excluding carboxylic acids is 1. The summed E-state index contributed by atoms with van der Waals surface area (Å²) in [7, 11) is 0. The Morgan fingerprint density at radius 2 is 1.89 bits per heavy atom. The fourth-order valence-electron chi connectivity index (χ4n) is 1.58. The predicted molar refractivity (Wildman–Crippen MR) is 81.2 cm³/mol. The average Bonchev–Trinajstić information content (AvgIpc) is 2.40. The smallest absolute Gasteiger partial charge is 0.248 e. The summed E-state index contributed by atoms with van der Waals surface area (Å²) < 4.78 is 0. The number of rotatable bonds is 4. The summed E-state index contributed by atoms with van der Waals surface area (Å²) in [4.78, 5) is 12.8. The van der Waals surface area contributed by atoms with Crippen LogP contribution in [-0.4, -0.2) is 5.91 Å². The van der Waals surface area contributed by atoms with Gasteiger partial charge in [-0.25, -0.2) is 0 Å². The van der Waals surface area contributed by atoms with E-state index in [0.717, 1.165) is 16.1 Å². The first kappa shape index (κ1) is 13.4. The molecule has 0 aromatic heterocycles. The van der Waals surface area contributed by atoms with E-state index in [4.69, 9.17) is 0 Å². The van der Waals surface area contributed by atoms with Gasteiger partial charge < -0.3 is 5.32 Å². The second-order valence-corrected chi connectivity index (χ2v) is 5.07. The number of thioether (sulfide) groups is 1. The van der Waals surface area contributed by atoms with Crippen LogP contribution in [0.4, 0.5) is 5.69 Å². The molecule has 19 heavy (non-hydrogen) atoms. The molecular formula is C16H15NOS. The Labute approximate surface area is 117 Å². The Bertz CT molecular complexity index is 578. The second kappa shape index (κ2) is 6.81. The molecule has 2 aromatic carbocycles. The fraction of sp³-hybridized carbons (Fsp3) is 0.0625. The van der Waals surface area contributed by atoms with Crippen molar-refractivity contribution >= 4 is 23.4 Å². The van der Waals surface area contributed by atoms with E-state index in [-0.39, 0.29) is 5.91 Å². The van der Waals surface area contributed by atoms with E-state index >= 15 is 0 Å². The van der Waals surface area contributed by atoms with Crippen molar-refractivity contribution in [3.05, 3.63) is 71.6 Å². The minimum Gasteiger partial charge on any atom is -0.322 e. The summed E-state index contributed by atoms with van der Waals surface area (Å²) in [6.07, 6.45) is 1.54. The third-order valence-corrected chi connectivity index (χ3v) is 3.27. The van der Waals surface area contributed by atoms with Crippen molar-refractivity contribution in [1.82, 2.24) is 0 Å². The van der Waals surface area contributed by atoms with Gasteiger partial charge in [0.05, 0.1) is 0 Å². The maximum Gasteiger partial charge on any atom is 0.248 e. The molecule has 0 bridgehead atoms. The van der Waals surface area contributed by atoms with Crippen molar-refractivity contribution in [1.29, 1.82) is 0 Å². The van der Waals surface area contributed by atoms with Gasteiger partial charge in [0.25, 0.3) is 0 Å². The standard InChI is InChI=1S/C16H15NOS/c1-13-6-5-7-14(12-13)17-16(18)10-11-19-15-8-3-2-4-9-15/h2-12H,1H3,(H,17,18)/b11-10+. The number of aryl methyl sites for hydroxylation is 1. The molecule has 0 heterocycles. The van der Waals surface area contributed by atoms with Gasteiger partial charge in [-0.2, -0.15) is 0 Å². The van der Waals surface area contributed by atoms with Gasteiger partial charge in [0.2, 0.25) is 5.91 Å². The Morgan fingerprint density at radius 1 is 1.11 bits per heavy atom. The van der Waals surface area contributed by atoms with Crippen molar-refractivity contribution in [3.8, 4) is 0 Å². The number of hydrogen-bond donors (Lipinski definition) is 1. The molecule has 0 radical (unpaired) electrons. The number of carbonyl (C=O) groups is 1. The Morgan fingerprint density at radius 3 is 2.63 bits per heavy atom. The maximum atomic E-state index is 11.7. The lowest BCUT2D eigenvalue weighted by Crippen LogP contribution is -2.07. The Hall–Kier alpha value is -2.00. The molecule has 96 valence electrons. The number of anilines is 1. The number of benzene rings is 2. The van der Waals surface area contributed by atoms with Gasteiger partial charge in [-0.1, -0.05) is 42.1 Å². The van der Waals surface area contributed by atoms with Gasteiger partial charge in [0.15, 0.2) is 0 Å². The maximum absolute atomic E-state index is 11.7. The molecule has 0 saturated carbocycles. The van der Waals surface area contributed by atoms with E-state index in [1.165, 1.54) is 11.8 Å². The van der Waals surface area contributed by atoms with E-state index in [1.54, 1.807) is 11.5 Å². The van der Waals surface area contributed by atoms with Gasteiger partial charge in [0, 0.05) is 16.7 Å². The molecule has 0 atom stereocenters. The molecule has 3 heteroatoms. The molecule has 2 aromatic rings. The van der Waals surface area contributed by atoms with Crippen LogP contribution >= 0.6 is 11.8 Å². The van der Waals surface area contributed by atoms with Crippen molar-refractivity contribution in [3.63, 3.8) is 0 Å². The Balaban J connectivity index is 1.88. The van der Waals surface area contributed by atoms with E-state index in [2.05, 4.69) is 5.32 Å². The molecule has 0 aliphatic rings. The van der Waals surface area contributed by atoms with Gasteiger partial charge in [-0.15, -0.1) is 0 Å². The SMILES string of the molecule is Cc1cccc(NC(=O)/C=C/Sc2ccccc2)c1. The van der Waals surface area contributed by atoms with Crippen LogP contribution < -0.4 is 5.32 Å². The van der Waals surface area contributed by atoms with E-state index in [9.17, 15) is 4.79 Å². The Kier molecular flexibility index (Phi) is 4.81. The van der Waals surface area contributed by atoms with Crippen molar-refractivity contribution in [2.75, 3.05) is 5.32 Å². The van der Waals surface area contributed by atoms with Gasteiger partial charge in [0.1, 0.15) is 0 Å². The summed E-state index contributed by atoms with van der Waals surface area (Å²) in [5.41, 5.74) is 1.94. The number of amides is 1. The molecule has 1 amide bonds. The highest BCUT2D eigenvalue weighted by Crippen LogP contribution is 2.18. The van der Waals surface area contributed by atoms with E-state index in [0.29, 0.717) is 0 Å². The second-order valence-electron chi connectivity index (χ2n) is 4.09. The first-order chi connectivity index (χ1) is 9.24. The highest BCUT2D eigenvalue weighted by atomic mass is 32.2. The predicted octanol–water partition coefficient (Wildman–Crippen LogP) is 4.24. The molecule has 0 aliphatic carbocycles.